The van der Waals surface area contributed by atoms with Crippen molar-refractivity contribution in [2.75, 3.05) is 19.5 Å². The Labute approximate surface area is 104 Å². The summed E-state index contributed by atoms with van der Waals surface area (Å²) in [6.07, 6.45) is 0.881. The highest BCUT2D eigenvalue weighted by Gasteiger charge is 2.15. The first-order valence-corrected chi connectivity index (χ1v) is 6.23. The third kappa shape index (κ3) is 2.88. The standard InChI is InChI=1S/C12H16BrFO2/c1-8(4-5-13)9-6-11(15-2)12(16-3)7-10(9)14/h6-8H,4-5H2,1-3H3. The normalized spacial score (nSPS) is 12.3. The van der Waals surface area contributed by atoms with E-state index in [4.69, 9.17) is 9.47 Å². The first-order chi connectivity index (χ1) is 7.63. The maximum Gasteiger partial charge on any atom is 0.163 e. The second-order valence-electron chi connectivity index (χ2n) is 3.61. The Morgan fingerprint density at radius 2 is 1.81 bits per heavy atom. The van der Waals surface area contributed by atoms with Gasteiger partial charge < -0.3 is 9.47 Å². The molecule has 4 heteroatoms. The number of hydrogen-bond donors (Lipinski definition) is 0. The minimum Gasteiger partial charge on any atom is -0.493 e. The van der Waals surface area contributed by atoms with Crippen LogP contribution in [0, 0.1) is 5.82 Å². The Morgan fingerprint density at radius 1 is 1.25 bits per heavy atom. The first kappa shape index (κ1) is 13.3. The van der Waals surface area contributed by atoms with Crippen LogP contribution in [0.5, 0.6) is 11.5 Å². The lowest BCUT2D eigenvalue weighted by atomic mass is 9.97. The van der Waals surface area contributed by atoms with Crippen LogP contribution in [0.2, 0.25) is 0 Å². The molecule has 0 fully saturated rings. The summed E-state index contributed by atoms with van der Waals surface area (Å²) in [5, 5.41) is 0.849. The Hall–Kier alpha value is -0.770. The summed E-state index contributed by atoms with van der Waals surface area (Å²) in [6.45, 7) is 1.99. The summed E-state index contributed by atoms with van der Waals surface area (Å²) < 4.78 is 24.0. The summed E-state index contributed by atoms with van der Waals surface area (Å²) in [5.41, 5.74) is 0.664. The lowest BCUT2D eigenvalue weighted by Gasteiger charge is -2.15. The molecule has 0 N–H and O–H groups in total. The van der Waals surface area contributed by atoms with Crippen LogP contribution in [0.4, 0.5) is 4.39 Å². The van der Waals surface area contributed by atoms with Gasteiger partial charge in [-0.1, -0.05) is 22.9 Å². The van der Waals surface area contributed by atoms with E-state index < -0.39 is 0 Å². The molecule has 0 radical (unpaired) electrons. The van der Waals surface area contributed by atoms with Crippen molar-refractivity contribution in [3.8, 4) is 11.5 Å². The van der Waals surface area contributed by atoms with E-state index in [1.54, 1.807) is 13.2 Å². The number of rotatable bonds is 5. The maximum absolute atomic E-state index is 13.8. The summed E-state index contributed by atoms with van der Waals surface area (Å²) >= 11 is 3.36. The summed E-state index contributed by atoms with van der Waals surface area (Å²) in [5.74, 6) is 0.903. The van der Waals surface area contributed by atoms with Crippen LogP contribution < -0.4 is 9.47 Å². The van der Waals surface area contributed by atoms with Gasteiger partial charge in [0.15, 0.2) is 11.5 Å². The fourth-order valence-corrected chi connectivity index (χ4v) is 2.25. The van der Waals surface area contributed by atoms with E-state index in [2.05, 4.69) is 15.9 Å². The largest absolute Gasteiger partial charge is 0.493 e. The van der Waals surface area contributed by atoms with Crippen molar-refractivity contribution in [3.63, 3.8) is 0 Å². The van der Waals surface area contributed by atoms with Gasteiger partial charge in [0.1, 0.15) is 5.82 Å². The number of halogens is 2. The zero-order chi connectivity index (χ0) is 12.1. The molecule has 0 spiro atoms. The Bertz CT molecular complexity index is 355. The zero-order valence-electron chi connectivity index (χ0n) is 9.72. The molecular weight excluding hydrogens is 275 g/mol. The average molecular weight is 291 g/mol. The van der Waals surface area contributed by atoms with Crippen LogP contribution in [0.1, 0.15) is 24.8 Å². The molecule has 0 aromatic heterocycles. The highest BCUT2D eigenvalue weighted by molar-refractivity contribution is 9.09. The van der Waals surface area contributed by atoms with Crippen molar-refractivity contribution in [1.29, 1.82) is 0 Å². The van der Waals surface area contributed by atoms with Gasteiger partial charge in [-0.25, -0.2) is 4.39 Å². The number of alkyl halides is 1. The van der Waals surface area contributed by atoms with Gasteiger partial charge in [0, 0.05) is 11.4 Å². The second-order valence-corrected chi connectivity index (χ2v) is 4.40. The van der Waals surface area contributed by atoms with E-state index in [-0.39, 0.29) is 11.7 Å². The molecule has 1 atom stereocenters. The number of hydrogen-bond acceptors (Lipinski definition) is 2. The van der Waals surface area contributed by atoms with E-state index in [1.807, 2.05) is 6.92 Å². The lowest BCUT2D eigenvalue weighted by Crippen LogP contribution is -2.01. The molecule has 0 amide bonds. The zero-order valence-corrected chi connectivity index (χ0v) is 11.3. The molecule has 1 rings (SSSR count). The van der Waals surface area contributed by atoms with Gasteiger partial charge in [-0.15, -0.1) is 0 Å². The quantitative estimate of drug-likeness (QED) is 0.770. The molecule has 16 heavy (non-hydrogen) atoms. The number of methoxy groups -OCH3 is 2. The van der Waals surface area contributed by atoms with E-state index in [9.17, 15) is 4.39 Å². The Morgan fingerprint density at radius 3 is 2.31 bits per heavy atom. The minimum atomic E-state index is -0.244. The molecule has 0 saturated carbocycles. The van der Waals surface area contributed by atoms with E-state index >= 15 is 0 Å². The molecule has 0 aliphatic rings. The third-order valence-corrected chi connectivity index (χ3v) is 3.03. The van der Waals surface area contributed by atoms with Crippen molar-refractivity contribution in [1.82, 2.24) is 0 Å². The minimum absolute atomic E-state index is 0.152. The van der Waals surface area contributed by atoms with Gasteiger partial charge in [-0.2, -0.15) is 0 Å². The van der Waals surface area contributed by atoms with E-state index in [0.29, 0.717) is 17.1 Å². The summed E-state index contributed by atoms with van der Waals surface area (Å²) in [6, 6.07) is 3.08. The SMILES string of the molecule is COc1cc(F)c(C(C)CCBr)cc1OC. The fraction of sp³-hybridized carbons (Fsp3) is 0.500. The Kier molecular flexibility index (Phi) is 5.06. The van der Waals surface area contributed by atoms with Crippen LogP contribution in [0.25, 0.3) is 0 Å². The van der Waals surface area contributed by atoms with Gasteiger partial charge >= 0.3 is 0 Å². The highest BCUT2D eigenvalue weighted by atomic mass is 79.9. The van der Waals surface area contributed by atoms with E-state index in [0.717, 1.165) is 11.8 Å². The molecule has 0 saturated heterocycles. The van der Waals surface area contributed by atoms with Crippen LogP contribution >= 0.6 is 15.9 Å². The van der Waals surface area contributed by atoms with Crippen molar-refractivity contribution < 1.29 is 13.9 Å². The van der Waals surface area contributed by atoms with Gasteiger partial charge in [0.05, 0.1) is 14.2 Å². The molecule has 0 aliphatic carbocycles. The molecule has 0 aliphatic heterocycles. The van der Waals surface area contributed by atoms with Crippen LogP contribution in [0.15, 0.2) is 12.1 Å². The molecule has 2 nitrogen and oxygen atoms in total. The summed E-state index contributed by atoms with van der Waals surface area (Å²) in [7, 11) is 3.05. The fourth-order valence-electron chi connectivity index (χ4n) is 1.57. The number of ether oxygens (including phenoxy) is 2. The van der Waals surface area contributed by atoms with Crippen molar-refractivity contribution in [2.45, 2.75) is 19.3 Å². The monoisotopic (exact) mass is 290 g/mol. The van der Waals surface area contributed by atoms with Crippen LogP contribution in [0.3, 0.4) is 0 Å². The Balaban J connectivity index is 3.10. The van der Waals surface area contributed by atoms with Crippen LogP contribution in [-0.4, -0.2) is 19.5 Å². The third-order valence-electron chi connectivity index (χ3n) is 2.58. The van der Waals surface area contributed by atoms with E-state index in [1.165, 1.54) is 13.2 Å². The summed E-state index contributed by atoms with van der Waals surface area (Å²) in [4.78, 5) is 0. The van der Waals surface area contributed by atoms with Crippen molar-refractivity contribution in [3.05, 3.63) is 23.5 Å². The predicted molar refractivity (Wildman–Crippen MR) is 66.3 cm³/mol. The second kappa shape index (κ2) is 6.09. The van der Waals surface area contributed by atoms with Gasteiger partial charge in [-0.05, 0) is 24.0 Å². The van der Waals surface area contributed by atoms with Gasteiger partial charge in [0.2, 0.25) is 0 Å². The molecular formula is C12H16BrFO2. The topological polar surface area (TPSA) is 18.5 Å². The average Bonchev–Trinajstić information content (AvgIpc) is 2.28. The van der Waals surface area contributed by atoms with Gasteiger partial charge in [-0.3, -0.25) is 0 Å². The molecule has 0 bridgehead atoms. The lowest BCUT2D eigenvalue weighted by molar-refractivity contribution is 0.351. The number of benzene rings is 1. The van der Waals surface area contributed by atoms with Crippen LogP contribution in [-0.2, 0) is 0 Å². The smallest absolute Gasteiger partial charge is 0.163 e. The highest BCUT2D eigenvalue weighted by Crippen LogP contribution is 2.34. The maximum atomic E-state index is 13.8. The molecule has 0 heterocycles. The van der Waals surface area contributed by atoms with Crippen molar-refractivity contribution in [2.24, 2.45) is 0 Å². The molecule has 90 valence electrons. The first-order valence-electron chi connectivity index (χ1n) is 5.11. The van der Waals surface area contributed by atoms with Gasteiger partial charge in [0.25, 0.3) is 0 Å². The molecule has 1 aromatic carbocycles. The molecule has 1 unspecified atom stereocenters. The molecule has 1 aromatic rings. The van der Waals surface area contributed by atoms with Crippen molar-refractivity contribution >= 4 is 15.9 Å². The predicted octanol–water partition coefficient (Wildman–Crippen LogP) is 3.73.